The van der Waals surface area contributed by atoms with Crippen molar-refractivity contribution in [2.75, 3.05) is 23.7 Å². The number of rotatable bonds is 4. The molecule has 0 aromatic carbocycles. The maximum absolute atomic E-state index is 13.0. The van der Waals surface area contributed by atoms with Crippen molar-refractivity contribution in [2.24, 2.45) is 0 Å². The van der Waals surface area contributed by atoms with Gasteiger partial charge >= 0.3 is 6.18 Å². The van der Waals surface area contributed by atoms with Gasteiger partial charge in [0.2, 0.25) is 15.8 Å². The molecule has 0 atom stereocenters. The van der Waals surface area contributed by atoms with Crippen LogP contribution < -0.4 is 9.62 Å². The summed E-state index contributed by atoms with van der Waals surface area (Å²) in [6.45, 7) is 2.30. The van der Waals surface area contributed by atoms with Crippen LogP contribution in [0.5, 0.6) is 0 Å². The molecule has 0 spiro atoms. The highest BCUT2D eigenvalue weighted by Crippen LogP contribution is 2.31. The first kappa shape index (κ1) is 17.9. The molecule has 3 heterocycles. The molecule has 2 N–H and O–H groups in total. The number of sulfonamides is 1. The lowest BCUT2D eigenvalue weighted by Crippen LogP contribution is -2.45. The van der Waals surface area contributed by atoms with E-state index in [2.05, 4.69) is 24.7 Å². The van der Waals surface area contributed by atoms with Gasteiger partial charge in [-0.1, -0.05) is 0 Å². The second-order valence-electron chi connectivity index (χ2n) is 5.75. The number of hydrogen-bond acceptors (Lipinski definition) is 6. The Morgan fingerprint density at radius 3 is 2.60 bits per heavy atom. The summed E-state index contributed by atoms with van der Waals surface area (Å²) in [4.78, 5) is 15.4. The van der Waals surface area contributed by atoms with E-state index < -0.39 is 22.0 Å². The Balaban J connectivity index is 1.83. The first-order valence-electron chi connectivity index (χ1n) is 7.73. The molecule has 3 rings (SSSR count). The van der Waals surface area contributed by atoms with E-state index in [0.717, 1.165) is 0 Å². The van der Waals surface area contributed by atoms with Crippen molar-refractivity contribution in [1.82, 2.24) is 24.7 Å². The van der Waals surface area contributed by atoms with Crippen LogP contribution >= 0.6 is 0 Å². The van der Waals surface area contributed by atoms with Crippen LogP contribution in [0.4, 0.5) is 19.0 Å². The lowest BCUT2D eigenvalue weighted by atomic mass is 10.1. The van der Waals surface area contributed by atoms with E-state index in [1.807, 2.05) is 0 Å². The minimum atomic E-state index is -4.67. The van der Waals surface area contributed by atoms with Gasteiger partial charge in [0.25, 0.3) is 0 Å². The number of aromatic nitrogens is 4. The minimum absolute atomic E-state index is 0.0111. The van der Waals surface area contributed by atoms with Crippen molar-refractivity contribution in [3.63, 3.8) is 0 Å². The van der Waals surface area contributed by atoms with Gasteiger partial charge in [0.05, 0.1) is 12.1 Å². The van der Waals surface area contributed by atoms with Gasteiger partial charge < -0.3 is 9.88 Å². The summed E-state index contributed by atoms with van der Waals surface area (Å²) in [7, 11) is -3.31. The molecule has 0 unspecified atom stereocenters. The topological polar surface area (TPSA) is 104 Å². The third kappa shape index (κ3) is 3.84. The molecule has 138 valence electrons. The lowest BCUT2D eigenvalue weighted by molar-refractivity contribution is -0.144. The molecule has 25 heavy (non-hydrogen) atoms. The Kier molecular flexibility index (Phi) is 4.58. The molecule has 0 amide bonds. The quantitative estimate of drug-likeness (QED) is 0.831. The number of halogens is 3. The zero-order valence-corrected chi connectivity index (χ0v) is 14.2. The summed E-state index contributed by atoms with van der Waals surface area (Å²) in [6, 6.07) is -0.234. The molecule has 0 aliphatic carbocycles. The number of imidazole rings is 1. The molecule has 1 aliphatic heterocycles. The van der Waals surface area contributed by atoms with Gasteiger partial charge in [-0.05, 0) is 19.8 Å². The number of H-pyrrole nitrogens is 1. The number of anilines is 1. The molecule has 2 aromatic heterocycles. The van der Waals surface area contributed by atoms with Gasteiger partial charge in [0.15, 0.2) is 11.5 Å². The fourth-order valence-electron chi connectivity index (χ4n) is 2.72. The van der Waals surface area contributed by atoms with Crippen molar-refractivity contribution in [3.05, 3.63) is 12.2 Å². The van der Waals surface area contributed by atoms with Crippen LogP contribution in [0.1, 0.15) is 25.6 Å². The van der Waals surface area contributed by atoms with Gasteiger partial charge in [-0.3, -0.25) is 0 Å². The average Bonchev–Trinajstić information content (AvgIpc) is 3.02. The molecule has 1 aliphatic rings. The molecule has 0 radical (unpaired) electrons. The number of nitrogens with one attached hydrogen (secondary N) is 2. The number of piperidine rings is 1. The Morgan fingerprint density at radius 2 is 2.00 bits per heavy atom. The van der Waals surface area contributed by atoms with E-state index >= 15 is 0 Å². The fourth-order valence-corrected chi connectivity index (χ4v) is 3.63. The second kappa shape index (κ2) is 6.41. The first-order valence-corrected chi connectivity index (χ1v) is 9.38. The highest BCUT2D eigenvalue weighted by molar-refractivity contribution is 7.89. The summed E-state index contributed by atoms with van der Waals surface area (Å²) in [5, 5.41) is 0. The molecule has 8 nitrogen and oxygen atoms in total. The maximum atomic E-state index is 13.0. The smallest absolute Gasteiger partial charge is 0.355 e. The Morgan fingerprint density at radius 1 is 1.32 bits per heavy atom. The van der Waals surface area contributed by atoms with E-state index in [1.165, 1.54) is 6.33 Å². The van der Waals surface area contributed by atoms with E-state index in [0.29, 0.717) is 31.4 Å². The Bertz CT molecular complexity index is 858. The molecule has 1 fully saturated rings. The molecular formula is C13H17F3N6O2S. The molecule has 0 bridgehead atoms. The van der Waals surface area contributed by atoms with Crippen molar-refractivity contribution < 1.29 is 21.6 Å². The summed E-state index contributed by atoms with van der Waals surface area (Å²) >= 11 is 0. The highest BCUT2D eigenvalue weighted by atomic mass is 32.2. The molecule has 2 aromatic rings. The number of hydrogen-bond donors (Lipinski definition) is 2. The summed E-state index contributed by atoms with van der Waals surface area (Å²) in [5.41, 5.74) is 0.284. The van der Waals surface area contributed by atoms with Gasteiger partial charge in [0.1, 0.15) is 5.52 Å². The van der Waals surface area contributed by atoms with Crippen LogP contribution in [0.3, 0.4) is 0 Å². The summed E-state index contributed by atoms with van der Waals surface area (Å²) in [6.07, 6.45) is -2.46. The van der Waals surface area contributed by atoms with Crippen LogP contribution in [0, 0.1) is 0 Å². The van der Waals surface area contributed by atoms with Crippen molar-refractivity contribution in [1.29, 1.82) is 0 Å². The van der Waals surface area contributed by atoms with E-state index in [9.17, 15) is 21.6 Å². The third-order valence-electron chi connectivity index (χ3n) is 4.04. The number of fused-ring (bicyclic) bond motifs is 1. The maximum Gasteiger partial charge on any atom is 0.451 e. The third-order valence-corrected chi connectivity index (χ3v) is 5.49. The monoisotopic (exact) mass is 378 g/mol. The van der Waals surface area contributed by atoms with Crippen LogP contribution in [-0.4, -0.2) is 53.2 Å². The molecule has 0 saturated carbocycles. The van der Waals surface area contributed by atoms with E-state index in [1.54, 1.807) is 11.8 Å². The number of alkyl halides is 3. The average molecular weight is 378 g/mol. The lowest BCUT2D eigenvalue weighted by Gasteiger charge is -2.33. The Labute approximate surface area is 141 Å². The fraction of sp³-hybridized carbons (Fsp3) is 0.615. The van der Waals surface area contributed by atoms with E-state index in [4.69, 9.17) is 0 Å². The van der Waals surface area contributed by atoms with Crippen molar-refractivity contribution >= 4 is 27.0 Å². The SMILES string of the molecule is CCS(=O)(=O)NC1CCN(c2nc(C(F)(F)F)nc3nc[nH]c23)CC1. The van der Waals surface area contributed by atoms with Crippen LogP contribution in [0.15, 0.2) is 6.33 Å². The van der Waals surface area contributed by atoms with Gasteiger partial charge in [-0.15, -0.1) is 0 Å². The Hall–Kier alpha value is -1.95. The normalized spacial score (nSPS) is 17.4. The first-order chi connectivity index (χ1) is 11.7. The summed E-state index contributed by atoms with van der Waals surface area (Å²) in [5.74, 6) is -1.12. The van der Waals surface area contributed by atoms with E-state index in [-0.39, 0.29) is 23.3 Å². The van der Waals surface area contributed by atoms with Gasteiger partial charge in [0, 0.05) is 19.1 Å². The predicted octanol–water partition coefficient (Wildman–Crippen LogP) is 1.28. The largest absolute Gasteiger partial charge is 0.451 e. The molecular weight excluding hydrogens is 361 g/mol. The second-order valence-corrected chi connectivity index (χ2v) is 7.79. The van der Waals surface area contributed by atoms with Crippen LogP contribution in [0.25, 0.3) is 11.2 Å². The number of nitrogens with zero attached hydrogens (tertiary/aromatic N) is 4. The minimum Gasteiger partial charge on any atom is -0.355 e. The van der Waals surface area contributed by atoms with Crippen LogP contribution in [-0.2, 0) is 16.2 Å². The summed E-state index contributed by atoms with van der Waals surface area (Å²) < 4.78 is 64.9. The van der Waals surface area contributed by atoms with Crippen molar-refractivity contribution in [3.8, 4) is 0 Å². The zero-order chi connectivity index (χ0) is 18.2. The van der Waals surface area contributed by atoms with Gasteiger partial charge in [-0.25, -0.2) is 28.1 Å². The van der Waals surface area contributed by atoms with Crippen LogP contribution in [0.2, 0.25) is 0 Å². The standard InChI is InChI=1S/C13H17F3N6O2S/c1-2-25(23,24)21-8-3-5-22(6-4-8)11-9-10(18-7-17-9)19-12(20-11)13(14,15)16/h7-8,21H,2-6H2,1H3,(H,17,18,19,20). The predicted molar refractivity (Wildman–Crippen MR) is 84.5 cm³/mol. The highest BCUT2D eigenvalue weighted by Gasteiger charge is 2.37. The molecule has 12 heteroatoms. The molecule has 1 saturated heterocycles. The van der Waals surface area contributed by atoms with Gasteiger partial charge in [-0.2, -0.15) is 13.2 Å². The zero-order valence-electron chi connectivity index (χ0n) is 13.3. The number of aromatic amines is 1. The van der Waals surface area contributed by atoms with Crippen molar-refractivity contribution in [2.45, 2.75) is 32.0 Å².